The molecule has 1 fully saturated rings. The van der Waals surface area contributed by atoms with Crippen molar-refractivity contribution in [2.45, 2.75) is 32.9 Å². The Morgan fingerprint density at radius 2 is 1.85 bits per heavy atom. The molecular formula is C13H25N5OS. The molecule has 0 unspecified atom stereocenters. The van der Waals surface area contributed by atoms with Crippen LogP contribution in [0.2, 0.25) is 0 Å². The topological polar surface area (TPSA) is 64.5 Å². The van der Waals surface area contributed by atoms with Gasteiger partial charge in [0, 0.05) is 39.3 Å². The van der Waals surface area contributed by atoms with Crippen LogP contribution < -0.4 is 5.32 Å². The van der Waals surface area contributed by atoms with Crippen LogP contribution in [0.4, 0.5) is 5.13 Å². The molecule has 0 atom stereocenters. The highest BCUT2D eigenvalue weighted by molar-refractivity contribution is 7.15. The van der Waals surface area contributed by atoms with Crippen LogP contribution in [-0.2, 0) is 6.54 Å². The molecule has 114 valence electrons. The standard InChI is InChI=1S/C13H25N5OS/c1-4-14-12-16-15-11(20-12)9-17-5-7-18(8-6-17)10-13(2,3)19/h19H,4-10H2,1-3H3,(H,14,16). The number of piperazine rings is 1. The van der Waals surface area contributed by atoms with Crippen LogP contribution in [-0.4, -0.2) is 70.0 Å². The van der Waals surface area contributed by atoms with Crippen LogP contribution in [0.25, 0.3) is 0 Å². The second-order valence-corrected chi connectivity index (χ2v) is 6.96. The van der Waals surface area contributed by atoms with Crippen molar-refractivity contribution in [2.75, 3.05) is 44.6 Å². The highest BCUT2D eigenvalue weighted by atomic mass is 32.1. The van der Waals surface area contributed by atoms with E-state index in [-0.39, 0.29) is 0 Å². The van der Waals surface area contributed by atoms with Gasteiger partial charge in [0.1, 0.15) is 5.01 Å². The fourth-order valence-electron chi connectivity index (χ4n) is 2.38. The lowest BCUT2D eigenvalue weighted by Crippen LogP contribution is -2.50. The molecule has 0 amide bonds. The summed E-state index contributed by atoms with van der Waals surface area (Å²) in [4.78, 5) is 4.72. The Morgan fingerprint density at radius 3 is 2.45 bits per heavy atom. The Bertz CT molecular complexity index is 409. The first-order valence-electron chi connectivity index (χ1n) is 7.19. The Balaban J connectivity index is 1.76. The van der Waals surface area contributed by atoms with Gasteiger partial charge in [0.25, 0.3) is 0 Å². The zero-order valence-electron chi connectivity index (χ0n) is 12.6. The van der Waals surface area contributed by atoms with Crippen molar-refractivity contribution in [3.63, 3.8) is 0 Å². The molecule has 1 aromatic rings. The van der Waals surface area contributed by atoms with Crippen molar-refractivity contribution in [3.8, 4) is 0 Å². The number of anilines is 1. The molecule has 1 aromatic heterocycles. The number of rotatable bonds is 6. The highest BCUT2D eigenvalue weighted by Gasteiger charge is 2.23. The van der Waals surface area contributed by atoms with Crippen LogP contribution in [0.1, 0.15) is 25.8 Å². The Morgan fingerprint density at radius 1 is 1.20 bits per heavy atom. The smallest absolute Gasteiger partial charge is 0.205 e. The van der Waals surface area contributed by atoms with Gasteiger partial charge in [-0.1, -0.05) is 11.3 Å². The van der Waals surface area contributed by atoms with E-state index in [1.165, 1.54) is 0 Å². The number of aromatic nitrogens is 2. The molecule has 7 heteroatoms. The lowest BCUT2D eigenvalue weighted by molar-refractivity contribution is 0.0166. The molecule has 1 saturated heterocycles. The van der Waals surface area contributed by atoms with Gasteiger partial charge in [-0.15, -0.1) is 10.2 Å². The SMILES string of the molecule is CCNc1nnc(CN2CCN(CC(C)(C)O)CC2)s1. The molecule has 0 aliphatic carbocycles. The van der Waals surface area contributed by atoms with E-state index in [4.69, 9.17) is 0 Å². The van der Waals surface area contributed by atoms with Gasteiger partial charge >= 0.3 is 0 Å². The van der Waals surface area contributed by atoms with Crippen LogP contribution in [0, 0.1) is 0 Å². The normalized spacial score (nSPS) is 18.4. The summed E-state index contributed by atoms with van der Waals surface area (Å²) < 4.78 is 0. The number of hydrogen-bond acceptors (Lipinski definition) is 7. The number of β-amino-alcohol motifs (C(OH)–C–C–N with tert-alkyl or cyclic N) is 1. The number of nitrogens with zero attached hydrogens (tertiary/aromatic N) is 4. The summed E-state index contributed by atoms with van der Waals surface area (Å²) in [6, 6.07) is 0. The van der Waals surface area contributed by atoms with E-state index in [1.54, 1.807) is 11.3 Å². The maximum atomic E-state index is 9.85. The van der Waals surface area contributed by atoms with Gasteiger partial charge in [0.2, 0.25) is 5.13 Å². The minimum absolute atomic E-state index is 0.609. The van der Waals surface area contributed by atoms with E-state index in [2.05, 4.69) is 32.2 Å². The molecule has 0 radical (unpaired) electrons. The summed E-state index contributed by atoms with van der Waals surface area (Å²) in [6.07, 6.45) is 0. The minimum atomic E-state index is -0.609. The van der Waals surface area contributed by atoms with E-state index in [9.17, 15) is 5.11 Å². The summed E-state index contributed by atoms with van der Waals surface area (Å²) in [7, 11) is 0. The number of aliphatic hydroxyl groups is 1. The lowest BCUT2D eigenvalue weighted by Gasteiger charge is -2.36. The summed E-state index contributed by atoms with van der Waals surface area (Å²) in [5.41, 5.74) is -0.609. The molecule has 0 spiro atoms. The van der Waals surface area contributed by atoms with Crippen molar-refractivity contribution in [1.82, 2.24) is 20.0 Å². The molecule has 2 heterocycles. The molecule has 0 saturated carbocycles. The quantitative estimate of drug-likeness (QED) is 0.812. The summed E-state index contributed by atoms with van der Waals surface area (Å²) in [5.74, 6) is 0. The molecule has 1 aliphatic heterocycles. The van der Waals surface area contributed by atoms with Gasteiger partial charge in [0.15, 0.2) is 0 Å². The van der Waals surface area contributed by atoms with Gasteiger partial charge in [-0.2, -0.15) is 0 Å². The van der Waals surface area contributed by atoms with Crippen LogP contribution in [0.15, 0.2) is 0 Å². The second kappa shape index (κ2) is 6.80. The maximum Gasteiger partial charge on any atom is 0.205 e. The summed E-state index contributed by atoms with van der Waals surface area (Å²) in [5, 5.41) is 23.3. The maximum absolute atomic E-state index is 9.85. The second-order valence-electron chi connectivity index (χ2n) is 5.90. The summed E-state index contributed by atoms with van der Waals surface area (Å²) in [6.45, 7) is 12.3. The third kappa shape index (κ3) is 4.97. The van der Waals surface area contributed by atoms with E-state index in [1.807, 2.05) is 13.8 Å². The van der Waals surface area contributed by atoms with E-state index < -0.39 is 5.60 Å². The highest BCUT2D eigenvalue weighted by Crippen LogP contribution is 2.17. The first-order valence-corrected chi connectivity index (χ1v) is 8.01. The molecule has 0 bridgehead atoms. The molecule has 0 aromatic carbocycles. The summed E-state index contributed by atoms with van der Waals surface area (Å²) >= 11 is 1.63. The van der Waals surface area contributed by atoms with Crippen molar-refractivity contribution in [2.24, 2.45) is 0 Å². The number of nitrogens with one attached hydrogen (secondary N) is 1. The lowest BCUT2D eigenvalue weighted by atomic mass is 10.1. The largest absolute Gasteiger partial charge is 0.389 e. The molecular weight excluding hydrogens is 274 g/mol. The predicted molar refractivity (Wildman–Crippen MR) is 82.1 cm³/mol. The van der Waals surface area contributed by atoms with E-state index in [0.717, 1.165) is 56.0 Å². The first kappa shape index (κ1) is 15.6. The van der Waals surface area contributed by atoms with E-state index in [0.29, 0.717) is 0 Å². The zero-order chi connectivity index (χ0) is 14.6. The van der Waals surface area contributed by atoms with Gasteiger partial charge in [-0.3, -0.25) is 9.80 Å². The van der Waals surface area contributed by atoms with Crippen molar-refractivity contribution in [3.05, 3.63) is 5.01 Å². The van der Waals surface area contributed by atoms with Gasteiger partial charge < -0.3 is 10.4 Å². The van der Waals surface area contributed by atoms with Gasteiger partial charge in [-0.05, 0) is 20.8 Å². The van der Waals surface area contributed by atoms with Gasteiger partial charge in [0.05, 0.1) is 12.1 Å². The van der Waals surface area contributed by atoms with Crippen molar-refractivity contribution in [1.29, 1.82) is 0 Å². The van der Waals surface area contributed by atoms with Crippen molar-refractivity contribution >= 4 is 16.5 Å². The van der Waals surface area contributed by atoms with Gasteiger partial charge in [-0.25, -0.2) is 0 Å². The molecule has 6 nitrogen and oxygen atoms in total. The van der Waals surface area contributed by atoms with Crippen LogP contribution >= 0.6 is 11.3 Å². The monoisotopic (exact) mass is 299 g/mol. The molecule has 20 heavy (non-hydrogen) atoms. The third-order valence-electron chi connectivity index (χ3n) is 3.23. The molecule has 2 N–H and O–H groups in total. The molecule has 1 aliphatic rings. The molecule has 2 rings (SSSR count). The average molecular weight is 299 g/mol. The Hall–Kier alpha value is -0.760. The first-order chi connectivity index (χ1) is 9.46. The van der Waals surface area contributed by atoms with Crippen LogP contribution in [0.5, 0.6) is 0 Å². The van der Waals surface area contributed by atoms with Crippen molar-refractivity contribution < 1.29 is 5.11 Å². The van der Waals surface area contributed by atoms with E-state index >= 15 is 0 Å². The Labute approximate surface area is 124 Å². The fraction of sp³-hybridized carbons (Fsp3) is 0.846. The predicted octanol–water partition coefficient (Wildman–Crippen LogP) is 0.858. The Kier molecular flexibility index (Phi) is 5.31. The number of hydrogen-bond donors (Lipinski definition) is 2. The fourth-order valence-corrected chi connectivity index (χ4v) is 3.23. The minimum Gasteiger partial charge on any atom is -0.389 e. The average Bonchev–Trinajstić information content (AvgIpc) is 2.78. The third-order valence-corrected chi connectivity index (χ3v) is 4.09. The zero-order valence-corrected chi connectivity index (χ0v) is 13.4. The van der Waals surface area contributed by atoms with Crippen LogP contribution in [0.3, 0.4) is 0 Å².